The second kappa shape index (κ2) is 19.2. The number of phenolic OH excluding ortho intramolecular Hbond substituents is 6. The first-order valence-corrected chi connectivity index (χ1v) is 23.1. The Morgan fingerprint density at radius 2 is 0.828 bits per heavy atom. The van der Waals surface area contributed by atoms with Crippen LogP contribution in [0.3, 0.4) is 0 Å². The maximum Gasteiger partial charge on any atom is 0.500 e. The molecule has 6 N–H and O–H groups in total. The normalized spacial score (nSPS) is 12.9. The van der Waals surface area contributed by atoms with E-state index in [1.807, 2.05) is 39.8 Å². The number of hydrogen-bond donors (Lipinski definition) is 6. The molecule has 0 saturated heterocycles. The number of rotatable bonds is 19. The van der Waals surface area contributed by atoms with Crippen LogP contribution in [0.25, 0.3) is 32.7 Å². The van der Waals surface area contributed by atoms with Crippen molar-refractivity contribution in [3.05, 3.63) is 45.5 Å². The Balaban J connectivity index is 1.99. The van der Waals surface area contributed by atoms with Crippen LogP contribution in [0.15, 0.2) is 22.1 Å². The lowest BCUT2D eigenvalue weighted by Crippen LogP contribution is -2.42. The predicted molar refractivity (Wildman–Crippen MR) is 232 cm³/mol. The highest BCUT2D eigenvalue weighted by Gasteiger charge is 2.38. The summed E-state index contributed by atoms with van der Waals surface area (Å²) in [6.07, 6.45) is 3.92. The molecule has 0 heterocycles. The summed E-state index contributed by atoms with van der Waals surface area (Å²) in [6.45, 7) is 11.7. The number of fused-ring (bicyclic) bond motifs is 2. The van der Waals surface area contributed by atoms with E-state index in [1.165, 1.54) is 55.1 Å². The lowest BCUT2D eigenvalue weighted by molar-refractivity contribution is 0.122. The maximum absolute atomic E-state index is 12.4. The number of benzene rings is 4. The molecule has 58 heavy (non-hydrogen) atoms. The summed E-state index contributed by atoms with van der Waals surface area (Å²) < 4.78 is 33.1. The molecule has 0 aliphatic rings. The number of phenols is 6. The van der Waals surface area contributed by atoms with Crippen LogP contribution in [0.4, 0.5) is 0 Å². The van der Waals surface area contributed by atoms with Gasteiger partial charge in [0.2, 0.25) is 0 Å². The Hall–Kier alpha value is -4.27. The zero-order valence-corrected chi connectivity index (χ0v) is 37.7. The molecule has 0 bridgehead atoms. The van der Waals surface area contributed by atoms with Gasteiger partial charge in [0, 0.05) is 124 Å². The average molecular weight is 841 g/mol. The summed E-state index contributed by atoms with van der Waals surface area (Å²) in [5.41, 5.74) is 2.76. The van der Waals surface area contributed by atoms with Gasteiger partial charge in [0.05, 0.1) is 0 Å². The number of aromatic hydroxyl groups is 6. The highest BCUT2D eigenvalue weighted by Crippen LogP contribution is 2.54. The van der Waals surface area contributed by atoms with E-state index in [0.29, 0.717) is 71.0 Å². The molecule has 0 aliphatic carbocycles. The monoisotopic (exact) mass is 840 g/mol. The van der Waals surface area contributed by atoms with Gasteiger partial charge in [0.1, 0.15) is 11.5 Å². The summed E-state index contributed by atoms with van der Waals surface area (Å²) in [4.78, 5) is 9.11. The fourth-order valence-corrected chi connectivity index (χ4v) is 11.2. The van der Waals surface area contributed by atoms with Gasteiger partial charge in [0.25, 0.3) is 0 Å². The molecule has 4 rings (SSSR count). The van der Waals surface area contributed by atoms with E-state index < -0.39 is 29.1 Å². The van der Waals surface area contributed by atoms with Crippen molar-refractivity contribution in [3.63, 3.8) is 0 Å². The van der Waals surface area contributed by atoms with Crippen molar-refractivity contribution in [1.29, 1.82) is 0 Å². The molecular weight excluding hydrogens is 781 g/mol. The fraction of sp³-hybridized carbons (Fsp3) is 0.476. The van der Waals surface area contributed by atoms with Crippen LogP contribution in [0.1, 0.15) is 85.8 Å². The molecule has 0 aliphatic heterocycles. The van der Waals surface area contributed by atoms with Crippen molar-refractivity contribution in [1.82, 2.24) is 0 Å². The Morgan fingerprint density at radius 3 is 1.10 bits per heavy atom. The van der Waals surface area contributed by atoms with E-state index in [2.05, 4.69) is 9.98 Å². The smallest absolute Gasteiger partial charge is 0.500 e. The molecule has 16 heteroatoms. The zero-order chi connectivity index (χ0) is 43.3. The third-order valence-electron chi connectivity index (χ3n) is 10.8. The van der Waals surface area contributed by atoms with Gasteiger partial charge in [-0.2, -0.15) is 0 Å². The van der Waals surface area contributed by atoms with Gasteiger partial charge >= 0.3 is 17.6 Å². The zero-order valence-electron chi connectivity index (χ0n) is 35.7. The van der Waals surface area contributed by atoms with Gasteiger partial charge < -0.3 is 57.2 Å². The minimum absolute atomic E-state index is 0.0993. The summed E-state index contributed by atoms with van der Waals surface area (Å²) in [5.74, 6) is -2.52. The Kier molecular flexibility index (Phi) is 15.4. The van der Waals surface area contributed by atoms with E-state index in [-0.39, 0.29) is 67.9 Å². The molecule has 14 nitrogen and oxygen atoms in total. The van der Waals surface area contributed by atoms with Crippen LogP contribution in [-0.2, 0) is 26.6 Å². The fourth-order valence-electron chi connectivity index (χ4n) is 7.82. The summed E-state index contributed by atoms with van der Waals surface area (Å²) in [7, 11) is 3.54. The van der Waals surface area contributed by atoms with Gasteiger partial charge in [-0.15, -0.1) is 0 Å². The van der Waals surface area contributed by atoms with Crippen molar-refractivity contribution in [2.45, 2.75) is 78.3 Å². The Bertz CT molecular complexity index is 2010. The second-order valence-electron chi connectivity index (χ2n) is 14.9. The minimum atomic E-state index is -2.84. The highest BCUT2D eigenvalue weighted by molar-refractivity contribution is 6.60. The van der Waals surface area contributed by atoms with Gasteiger partial charge in [-0.25, -0.2) is 0 Å². The lowest BCUT2D eigenvalue weighted by atomic mass is 9.83. The highest BCUT2D eigenvalue weighted by atomic mass is 28.4. The maximum atomic E-state index is 12.4. The Morgan fingerprint density at radius 1 is 0.517 bits per heavy atom. The summed E-state index contributed by atoms with van der Waals surface area (Å²) in [6, 6.07) is 4.61. The summed E-state index contributed by atoms with van der Waals surface area (Å²) >= 11 is 0. The van der Waals surface area contributed by atoms with E-state index in [1.54, 1.807) is 13.8 Å². The van der Waals surface area contributed by atoms with Gasteiger partial charge in [0.15, 0.2) is 23.0 Å². The molecule has 318 valence electrons. The van der Waals surface area contributed by atoms with E-state index in [0.717, 1.165) is 0 Å². The lowest BCUT2D eigenvalue weighted by Gasteiger charge is -2.24. The van der Waals surface area contributed by atoms with Gasteiger partial charge in [-0.1, -0.05) is 39.8 Å². The molecule has 0 atom stereocenters. The van der Waals surface area contributed by atoms with Gasteiger partial charge in [-0.3, -0.25) is 9.98 Å². The van der Waals surface area contributed by atoms with E-state index in [4.69, 9.17) is 26.6 Å². The predicted octanol–water partition coefficient (Wildman–Crippen LogP) is 8.13. The quantitative estimate of drug-likeness (QED) is 0.0230. The number of hydrogen-bond acceptors (Lipinski definition) is 14. The van der Waals surface area contributed by atoms with E-state index in [9.17, 15) is 30.6 Å². The molecule has 4 aromatic rings. The van der Waals surface area contributed by atoms with Crippen molar-refractivity contribution in [2.75, 3.05) is 55.7 Å². The molecule has 0 radical (unpaired) electrons. The molecule has 0 unspecified atom stereocenters. The van der Waals surface area contributed by atoms with Crippen LogP contribution in [0, 0.1) is 13.8 Å². The number of nitrogens with zero attached hydrogens (tertiary/aromatic N) is 2. The molecule has 0 spiro atoms. The van der Waals surface area contributed by atoms with Crippen molar-refractivity contribution < 1.29 is 57.2 Å². The largest absolute Gasteiger partial charge is 0.507 e. The van der Waals surface area contributed by atoms with Crippen LogP contribution in [-0.4, -0.2) is 116 Å². The van der Waals surface area contributed by atoms with Crippen molar-refractivity contribution >= 4 is 51.6 Å². The van der Waals surface area contributed by atoms with Crippen LogP contribution < -0.4 is 0 Å². The first-order chi connectivity index (χ1) is 27.4. The average Bonchev–Trinajstić information content (AvgIpc) is 3.19. The minimum Gasteiger partial charge on any atom is -0.507 e. The Labute approximate surface area is 343 Å². The van der Waals surface area contributed by atoms with Crippen LogP contribution in [0.5, 0.6) is 34.5 Å². The second-order valence-corrected chi connectivity index (χ2v) is 21.1. The van der Waals surface area contributed by atoms with Crippen molar-refractivity contribution in [3.8, 4) is 45.6 Å². The number of aryl methyl sites for hydroxylation is 2. The van der Waals surface area contributed by atoms with Crippen molar-refractivity contribution in [2.24, 2.45) is 9.98 Å². The third-order valence-corrected chi connectivity index (χ3v) is 16.5. The van der Waals surface area contributed by atoms with Crippen LogP contribution in [0.2, 0.25) is 12.1 Å². The standard InChI is InChI=1S/C42H60N2O12Si2/c1-23(2)31-27-19-25(5)33(39(47)35(27)29(37(45)41(31)49)21-43-15-13-17-57(51-7,52-8)53-9)34-26(6)20-28-32(24(3)4)42(50)38(46)30(36(28)40(34)48)22-44-16-14-18-58(54-10,55-11)56-12/h19-24,45-50H,13-18H2,1-12H3. The third kappa shape index (κ3) is 8.70. The first-order valence-electron chi connectivity index (χ1n) is 19.2. The topological polar surface area (TPSA) is 201 Å². The molecule has 0 amide bonds. The molecule has 0 fully saturated rings. The van der Waals surface area contributed by atoms with E-state index >= 15 is 0 Å². The molecule has 0 aromatic heterocycles. The molecule has 4 aromatic carbocycles. The SMILES string of the molecule is CO[Si](CCCN=Cc1c(O)c(O)c(C(C)C)c2cc(C)c(-c3c(C)cc4c(C(C)C)c(O)c(O)c(C=NCCC[Si](OC)(OC)OC)c4c3O)c(O)c12)(OC)OC. The van der Waals surface area contributed by atoms with Gasteiger partial charge in [-0.05, 0) is 60.4 Å². The number of aliphatic imine (C=N–C) groups is 2. The first kappa shape index (κ1) is 46.4. The van der Waals surface area contributed by atoms with Crippen LogP contribution >= 0.6 is 0 Å². The molecular formula is C42H60N2O12Si2. The molecule has 0 saturated carbocycles. The summed E-state index contributed by atoms with van der Waals surface area (Å²) in [5, 5.41) is 71.8.